The quantitative estimate of drug-likeness (QED) is 0.622. The Labute approximate surface area is 176 Å². The van der Waals surface area contributed by atoms with E-state index in [9.17, 15) is 15.0 Å². The van der Waals surface area contributed by atoms with Gasteiger partial charge >= 0.3 is 5.97 Å². The number of aliphatic carboxylic acids is 1. The minimum Gasteiger partial charge on any atom is -0.481 e. The third kappa shape index (κ3) is 3.56. The summed E-state index contributed by atoms with van der Waals surface area (Å²) >= 11 is 0. The molecule has 0 amide bonds. The van der Waals surface area contributed by atoms with Crippen LogP contribution in [0, 0.1) is 46.3 Å². The van der Waals surface area contributed by atoms with E-state index in [1.165, 1.54) is 32.1 Å². The van der Waals surface area contributed by atoms with Crippen LogP contribution in [0.1, 0.15) is 91.4 Å². The Kier molecular flexibility index (Phi) is 5.83. The predicted molar refractivity (Wildman–Crippen MR) is 113 cm³/mol. The highest BCUT2D eigenvalue weighted by molar-refractivity contribution is 5.66. The van der Waals surface area contributed by atoms with Crippen molar-refractivity contribution in [2.24, 2.45) is 46.3 Å². The molecule has 0 aromatic rings. The van der Waals surface area contributed by atoms with Gasteiger partial charge in [-0.05, 0) is 104 Å². The van der Waals surface area contributed by atoms with Gasteiger partial charge in [0.2, 0.25) is 0 Å². The van der Waals surface area contributed by atoms with Crippen molar-refractivity contribution in [3.63, 3.8) is 0 Å². The zero-order valence-electron chi connectivity index (χ0n) is 18.6. The van der Waals surface area contributed by atoms with Gasteiger partial charge in [0.05, 0.1) is 12.2 Å². The number of aliphatic hydroxyl groups is 2. The third-order valence-electron chi connectivity index (χ3n) is 10.5. The lowest BCUT2D eigenvalue weighted by atomic mass is 9.40. The van der Waals surface area contributed by atoms with Crippen LogP contribution in [-0.2, 0) is 4.79 Å². The Morgan fingerprint density at radius 2 is 1.69 bits per heavy atom. The standard InChI is InChI=1S/C25H42O4/c1-15(7-8-22(28)29)18-5-4-6-19-23-20(10-12-25(18,19)3)24(2)11-9-17(26)13-16(24)14-21(23)27/h15-21,23,26-27H,4-14H2,1-3H3,(H,28,29). The van der Waals surface area contributed by atoms with E-state index in [1.807, 2.05) is 0 Å². The van der Waals surface area contributed by atoms with E-state index < -0.39 is 5.97 Å². The molecule has 0 aromatic heterocycles. The van der Waals surface area contributed by atoms with Gasteiger partial charge < -0.3 is 15.3 Å². The summed E-state index contributed by atoms with van der Waals surface area (Å²) in [5.74, 6) is 2.32. The molecule has 4 aliphatic carbocycles. The van der Waals surface area contributed by atoms with Crippen molar-refractivity contribution in [1.82, 2.24) is 0 Å². The van der Waals surface area contributed by atoms with Gasteiger partial charge in [-0.25, -0.2) is 0 Å². The molecule has 10 unspecified atom stereocenters. The van der Waals surface area contributed by atoms with Gasteiger partial charge in [-0.1, -0.05) is 27.2 Å². The van der Waals surface area contributed by atoms with Crippen LogP contribution in [0.3, 0.4) is 0 Å². The Morgan fingerprint density at radius 1 is 1.00 bits per heavy atom. The number of hydrogen-bond donors (Lipinski definition) is 3. The molecule has 166 valence electrons. The van der Waals surface area contributed by atoms with Gasteiger partial charge in [0.25, 0.3) is 0 Å². The summed E-state index contributed by atoms with van der Waals surface area (Å²) in [6.45, 7) is 7.21. The number of carboxylic acid groups (broad SMARTS) is 1. The third-order valence-corrected chi connectivity index (χ3v) is 10.5. The van der Waals surface area contributed by atoms with Crippen LogP contribution in [0.4, 0.5) is 0 Å². The first kappa shape index (κ1) is 21.6. The number of rotatable bonds is 4. The fourth-order valence-corrected chi connectivity index (χ4v) is 8.93. The first-order valence-corrected chi connectivity index (χ1v) is 12.2. The molecule has 4 aliphatic rings. The molecule has 3 N–H and O–H groups in total. The second-order valence-corrected chi connectivity index (χ2v) is 11.7. The van der Waals surface area contributed by atoms with Gasteiger partial charge in [-0.15, -0.1) is 0 Å². The van der Waals surface area contributed by atoms with Crippen molar-refractivity contribution in [1.29, 1.82) is 0 Å². The van der Waals surface area contributed by atoms with E-state index >= 15 is 0 Å². The van der Waals surface area contributed by atoms with Gasteiger partial charge in [0.1, 0.15) is 0 Å². The maximum Gasteiger partial charge on any atom is 0.303 e. The molecule has 0 aromatic carbocycles. The summed E-state index contributed by atoms with van der Waals surface area (Å²) in [5, 5.41) is 30.7. The molecule has 4 nitrogen and oxygen atoms in total. The maximum absolute atomic E-state index is 11.3. The first-order chi connectivity index (χ1) is 13.7. The largest absolute Gasteiger partial charge is 0.481 e. The van der Waals surface area contributed by atoms with E-state index in [2.05, 4.69) is 20.8 Å². The Balaban J connectivity index is 1.58. The van der Waals surface area contributed by atoms with Crippen molar-refractivity contribution in [2.45, 2.75) is 104 Å². The highest BCUT2D eigenvalue weighted by Gasteiger charge is 2.61. The van der Waals surface area contributed by atoms with E-state index in [1.54, 1.807) is 0 Å². The normalized spacial score (nSPS) is 50.7. The van der Waals surface area contributed by atoms with E-state index in [0.717, 1.165) is 32.1 Å². The molecular weight excluding hydrogens is 364 g/mol. The lowest BCUT2D eigenvalue weighted by Crippen LogP contribution is -2.61. The number of aliphatic hydroxyl groups excluding tert-OH is 2. The van der Waals surface area contributed by atoms with Crippen LogP contribution in [0.5, 0.6) is 0 Å². The zero-order chi connectivity index (χ0) is 21.0. The Bertz CT molecular complexity index is 620. The van der Waals surface area contributed by atoms with Gasteiger partial charge in [-0.2, -0.15) is 0 Å². The highest BCUT2D eigenvalue weighted by atomic mass is 16.4. The number of carbonyl (C=O) groups is 1. The summed E-state index contributed by atoms with van der Waals surface area (Å²) in [5.41, 5.74) is 0.502. The van der Waals surface area contributed by atoms with Crippen LogP contribution in [-0.4, -0.2) is 33.5 Å². The molecule has 10 atom stereocenters. The lowest BCUT2D eigenvalue weighted by Gasteiger charge is -2.65. The number of fused-ring (bicyclic) bond motifs is 5. The van der Waals surface area contributed by atoms with Crippen LogP contribution in [0.2, 0.25) is 0 Å². The first-order valence-electron chi connectivity index (χ1n) is 12.2. The molecule has 0 bridgehead atoms. The Morgan fingerprint density at radius 3 is 2.41 bits per heavy atom. The maximum atomic E-state index is 11.3. The van der Waals surface area contributed by atoms with Crippen molar-refractivity contribution < 1.29 is 20.1 Å². The Hall–Kier alpha value is -0.610. The second-order valence-electron chi connectivity index (χ2n) is 11.7. The minimum absolute atomic E-state index is 0.181. The van der Waals surface area contributed by atoms with Crippen LogP contribution < -0.4 is 0 Å². The van der Waals surface area contributed by atoms with Gasteiger partial charge in [0, 0.05) is 6.42 Å². The molecule has 4 saturated carbocycles. The van der Waals surface area contributed by atoms with Crippen molar-refractivity contribution in [3.8, 4) is 0 Å². The fraction of sp³-hybridized carbons (Fsp3) is 0.960. The number of hydrogen-bond acceptors (Lipinski definition) is 3. The summed E-state index contributed by atoms with van der Waals surface area (Å²) in [7, 11) is 0. The number of carboxylic acids is 1. The van der Waals surface area contributed by atoms with E-state index in [4.69, 9.17) is 5.11 Å². The fourth-order valence-electron chi connectivity index (χ4n) is 8.93. The van der Waals surface area contributed by atoms with Crippen LogP contribution in [0.25, 0.3) is 0 Å². The lowest BCUT2D eigenvalue weighted by molar-refractivity contribution is -0.195. The van der Waals surface area contributed by atoms with Crippen molar-refractivity contribution in [2.75, 3.05) is 0 Å². The molecule has 0 spiro atoms. The predicted octanol–water partition coefficient (Wildman–Crippen LogP) is 4.87. The minimum atomic E-state index is -0.681. The second kappa shape index (κ2) is 7.82. The molecule has 4 fully saturated rings. The molecule has 0 saturated heterocycles. The molecule has 4 heteroatoms. The van der Waals surface area contributed by atoms with Crippen LogP contribution in [0.15, 0.2) is 0 Å². The monoisotopic (exact) mass is 406 g/mol. The molecular formula is C25H42O4. The van der Waals surface area contributed by atoms with Crippen molar-refractivity contribution >= 4 is 5.97 Å². The van der Waals surface area contributed by atoms with Crippen LogP contribution >= 0.6 is 0 Å². The highest BCUT2D eigenvalue weighted by Crippen LogP contribution is 2.67. The molecule has 29 heavy (non-hydrogen) atoms. The smallest absolute Gasteiger partial charge is 0.303 e. The molecule has 0 radical (unpaired) electrons. The van der Waals surface area contributed by atoms with Crippen molar-refractivity contribution in [3.05, 3.63) is 0 Å². The summed E-state index contributed by atoms with van der Waals surface area (Å²) < 4.78 is 0. The topological polar surface area (TPSA) is 77.8 Å². The van der Waals surface area contributed by atoms with Gasteiger partial charge in [-0.3, -0.25) is 4.79 Å². The SMILES string of the molecule is CC(CCC(=O)O)C1CCCC2C3C(O)CC4CC(O)CCC4(C)C3CCC12C. The summed E-state index contributed by atoms with van der Waals surface area (Å²) in [6, 6.07) is 0. The average Bonchev–Trinajstić information content (AvgIpc) is 2.66. The van der Waals surface area contributed by atoms with E-state index in [-0.39, 0.29) is 29.5 Å². The average molecular weight is 407 g/mol. The summed E-state index contributed by atoms with van der Waals surface area (Å²) in [6.07, 6.45) is 10.5. The zero-order valence-corrected chi connectivity index (χ0v) is 18.6. The summed E-state index contributed by atoms with van der Waals surface area (Å²) in [4.78, 5) is 11.1. The molecule has 4 rings (SSSR count). The van der Waals surface area contributed by atoms with Gasteiger partial charge in [0.15, 0.2) is 0 Å². The molecule has 0 aliphatic heterocycles. The molecule has 0 heterocycles. The van der Waals surface area contributed by atoms with E-state index in [0.29, 0.717) is 35.5 Å².